The standard InChI is InChI=1S/C12H13BrFNO2/c1-17-11-5-10(14)3-2-8(11)6-15-7-9(13)4-12(15)16/h2-3,5,9H,4,6-7H2,1H3. The number of carbonyl (C=O) groups excluding carboxylic acids is 1. The van der Waals surface area contributed by atoms with Gasteiger partial charge in [-0.2, -0.15) is 0 Å². The van der Waals surface area contributed by atoms with Gasteiger partial charge in [-0.15, -0.1) is 0 Å². The number of carbonyl (C=O) groups is 1. The Morgan fingerprint density at radius 2 is 2.35 bits per heavy atom. The fourth-order valence-corrected chi connectivity index (χ4v) is 2.56. The summed E-state index contributed by atoms with van der Waals surface area (Å²) >= 11 is 3.43. The molecule has 1 aromatic rings. The number of methoxy groups -OCH3 is 1. The summed E-state index contributed by atoms with van der Waals surface area (Å²) in [6.45, 7) is 1.14. The van der Waals surface area contributed by atoms with Crippen LogP contribution in [0.3, 0.4) is 0 Å². The van der Waals surface area contributed by atoms with Gasteiger partial charge in [-0.1, -0.05) is 22.0 Å². The van der Waals surface area contributed by atoms with E-state index >= 15 is 0 Å². The van der Waals surface area contributed by atoms with Gasteiger partial charge in [-0.3, -0.25) is 4.79 Å². The second-order valence-corrected chi connectivity index (χ2v) is 5.33. The van der Waals surface area contributed by atoms with Crippen LogP contribution in [0.4, 0.5) is 4.39 Å². The summed E-state index contributed by atoms with van der Waals surface area (Å²) in [7, 11) is 1.50. The van der Waals surface area contributed by atoms with Crippen LogP contribution in [0, 0.1) is 5.82 Å². The number of nitrogens with zero attached hydrogens (tertiary/aromatic N) is 1. The summed E-state index contributed by atoms with van der Waals surface area (Å²) < 4.78 is 18.1. The maximum absolute atomic E-state index is 13.0. The first-order valence-electron chi connectivity index (χ1n) is 5.34. The van der Waals surface area contributed by atoms with Crippen molar-refractivity contribution in [3.63, 3.8) is 0 Å². The van der Waals surface area contributed by atoms with Crippen molar-refractivity contribution >= 4 is 21.8 Å². The second kappa shape index (κ2) is 5.04. The Morgan fingerprint density at radius 1 is 1.59 bits per heavy atom. The lowest BCUT2D eigenvalue weighted by atomic mass is 10.2. The molecule has 2 rings (SSSR count). The number of hydrogen-bond donors (Lipinski definition) is 0. The Kier molecular flexibility index (Phi) is 3.66. The molecule has 0 saturated carbocycles. The first kappa shape index (κ1) is 12.4. The van der Waals surface area contributed by atoms with Crippen molar-refractivity contribution in [2.75, 3.05) is 13.7 Å². The van der Waals surface area contributed by atoms with Gasteiger partial charge in [0.25, 0.3) is 0 Å². The van der Waals surface area contributed by atoms with Gasteiger partial charge in [0.05, 0.1) is 7.11 Å². The summed E-state index contributed by atoms with van der Waals surface area (Å²) in [5.74, 6) is 0.255. The molecule has 1 heterocycles. The summed E-state index contributed by atoms with van der Waals surface area (Å²) in [5.41, 5.74) is 0.823. The number of hydrogen-bond acceptors (Lipinski definition) is 2. The van der Waals surface area contributed by atoms with Crippen LogP contribution in [0.2, 0.25) is 0 Å². The van der Waals surface area contributed by atoms with Gasteiger partial charge < -0.3 is 9.64 Å². The molecule has 1 unspecified atom stereocenters. The smallest absolute Gasteiger partial charge is 0.224 e. The summed E-state index contributed by atoms with van der Waals surface area (Å²) in [4.78, 5) is 13.6. The van der Waals surface area contributed by atoms with Gasteiger partial charge in [0.1, 0.15) is 11.6 Å². The van der Waals surface area contributed by atoms with Gasteiger partial charge in [-0.05, 0) is 6.07 Å². The van der Waals surface area contributed by atoms with Crippen LogP contribution in [0.5, 0.6) is 5.75 Å². The van der Waals surface area contributed by atoms with E-state index < -0.39 is 0 Å². The number of alkyl halides is 1. The molecule has 1 atom stereocenters. The zero-order valence-corrected chi connectivity index (χ0v) is 11.0. The highest BCUT2D eigenvalue weighted by atomic mass is 79.9. The quantitative estimate of drug-likeness (QED) is 0.802. The van der Waals surface area contributed by atoms with Crippen LogP contribution in [0.25, 0.3) is 0 Å². The fraction of sp³-hybridized carbons (Fsp3) is 0.417. The van der Waals surface area contributed by atoms with Crippen LogP contribution in [0.15, 0.2) is 18.2 Å². The number of amides is 1. The second-order valence-electron chi connectivity index (χ2n) is 4.03. The Hall–Kier alpha value is -1.10. The minimum Gasteiger partial charge on any atom is -0.496 e. The van der Waals surface area contributed by atoms with E-state index in [1.165, 1.54) is 19.2 Å². The van der Waals surface area contributed by atoms with Crippen LogP contribution in [-0.4, -0.2) is 29.3 Å². The van der Waals surface area contributed by atoms with E-state index in [0.29, 0.717) is 25.3 Å². The zero-order chi connectivity index (χ0) is 12.4. The molecule has 0 aromatic heterocycles. The number of benzene rings is 1. The third kappa shape index (κ3) is 2.77. The molecule has 1 aliphatic heterocycles. The molecule has 1 fully saturated rings. The van der Waals surface area contributed by atoms with Crippen LogP contribution in [0.1, 0.15) is 12.0 Å². The number of rotatable bonds is 3. The lowest BCUT2D eigenvalue weighted by Crippen LogP contribution is -2.24. The highest BCUT2D eigenvalue weighted by Crippen LogP contribution is 2.25. The molecule has 1 aliphatic rings. The van der Waals surface area contributed by atoms with E-state index in [-0.39, 0.29) is 16.6 Å². The first-order valence-corrected chi connectivity index (χ1v) is 6.26. The highest BCUT2D eigenvalue weighted by Gasteiger charge is 2.28. The average molecular weight is 302 g/mol. The van der Waals surface area contributed by atoms with E-state index in [4.69, 9.17) is 4.74 Å². The molecule has 92 valence electrons. The van der Waals surface area contributed by atoms with Crippen molar-refractivity contribution in [2.45, 2.75) is 17.8 Å². The van der Waals surface area contributed by atoms with Crippen LogP contribution >= 0.6 is 15.9 Å². The molecule has 1 aromatic carbocycles. The fourth-order valence-electron chi connectivity index (χ4n) is 1.93. The monoisotopic (exact) mass is 301 g/mol. The Labute approximate surface area is 108 Å². The number of halogens is 2. The minimum absolute atomic E-state index is 0.109. The molecule has 3 nitrogen and oxygen atoms in total. The van der Waals surface area contributed by atoms with Gasteiger partial charge in [0.2, 0.25) is 5.91 Å². The largest absolute Gasteiger partial charge is 0.496 e. The van der Waals surface area contributed by atoms with Crippen molar-refractivity contribution in [3.05, 3.63) is 29.6 Å². The Bertz CT molecular complexity index is 439. The summed E-state index contributed by atoms with van der Waals surface area (Å²) in [6, 6.07) is 4.37. The Morgan fingerprint density at radius 3 is 2.94 bits per heavy atom. The van der Waals surface area contributed by atoms with Gasteiger partial charge in [0.15, 0.2) is 0 Å². The maximum Gasteiger partial charge on any atom is 0.224 e. The molecule has 1 saturated heterocycles. The number of likely N-dealkylation sites (tertiary alicyclic amines) is 1. The molecule has 0 bridgehead atoms. The van der Waals surface area contributed by atoms with E-state index in [2.05, 4.69) is 15.9 Å². The SMILES string of the molecule is COc1cc(F)ccc1CN1CC(Br)CC1=O. The Balaban J connectivity index is 2.16. The van der Waals surface area contributed by atoms with E-state index in [1.807, 2.05) is 0 Å². The lowest BCUT2D eigenvalue weighted by molar-refractivity contribution is -0.128. The normalized spacial score (nSPS) is 19.8. The molecule has 0 spiro atoms. The maximum atomic E-state index is 13.0. The van der Waals surface area contributed by atoms with Crippen molar-refractivity contribution in [1.82, 2.24) is 4.90 Å². The van der Waals surface area contributed by atoms with Crippen LogP contribution in [-0.2, 0) is 11.3 Å². The summed E-state index contributed by atoms with van der Waals surface area (Å²) in [5, 5.41) is 0. The van der Waals surface area contributed by atoms with E-state index in [1.54, 1.807) is 11.0 Å². The van der Waals surface area contributed by atoms with Gasteiger partial charge in [-0.25, -0.2) is 4.39 Å². The first-order chi connectivity index (χ1) is 8.10. The molecule has 0 radical (unpaired) electrons. The summed E-state index contributed by atoms with van der Waals surface area (Å²) in [6.07, 6.45) is 0.517. The third-order valence-electron chi connectivity index (χ3n) is 2.78. The zero-order valence-electron chi connectivity index (χ0n) is 9.45. The molecule has 0 aliphatic carbocycles. The number of ether oxygens (including phenoxy) is 1. The topological polar surface area (TPSA) is 29.5 Å². The van der Waals surface area contributed by atoms with E-state index in [9.17, 15) is 9.18 Å². The molecule has 17 heavy (non-hydrogen) atoms. The van der Waals surface area contributed by atoms with Gasteiger partial charge in [0, 0.05) is 36.0 Å². The molecule has 1 amide bonds. The van der Waals surface area contributed by atoms with Crippen molar-refractivity contribution in [1.29, 1.82) is 0 Å². The van der Waals surface area contributed by atoms with Crippen molar-refractivity contribution < 1.29 is 13.9 Å². The van der Waals surface area contributed by atoms with Gasteiger partial charge >= 0.3 is 0 Å². The predicted octanol–water partition coefficient (Wildman–Crippen LogP) is 2.33. The van der Waals surface area contributed by atoms with E-state index in [0.717, 1.165) is 5.56 Å². The van der Waals surface area contributed by atoms with Crippen molar-refractivity contribution in [3.8, 4) is 5.75 Å². The minimum atomic E-state index is -0.336. The van der Waals surface area contributed by atoms with Crippen LogP contribution < -0.4 is 4.74 Å². The molecule has 0 N–H and O–H groups in total. The van der Waals surface area contributed by atoms with Crippen molar-refractivity contribution in [2.24, 2.45) is 0 Å². The third-order valence-corrected chi connectivity index (χ3v) is 3.39. The molecular formula is C12H13BrFNO2. The highest BCUT2D eigenvalue weighted by molar-refractivity contribution is 9.09. The lowest BCUT2D eigenvalue weighted by Gasteiger charge is -2.17. The molecular weight excluding hydrogens is 289 g/mol. The molecule has 5 heteroatoms. The average Bonchev–Trinajstić information content (AvgIpc) is 2.60. The predicted molar refractivity (Wildman–Crippen MR) is 65.7 cm³/mol.